The lowest BCUT2D eigenvalue weighted by Gasteiger charge is -2.31. The van der Waals surface area contributed by atoms with E-state index in [1.807, 2.05) is 74.5 Å². The van der Waals surface area contributed by atoms with Crippen molar-refractivity contribution < 1.29 is 28.9 Å². The molecule has 1 N–H and O–H groups in total. The van der Waals surface area contributed by atoms with E-state index in [0.29, 0.717) is 61.3 Å². The topological polar surface area (TPSA) is 88.5 Å². The van der Waals surface area contributed by atoms with Crippen LogP contribution in [0.3, 0.4) is 0 Å². The molecule has 41 heavy (non-hydrogen) atoms. The van der Waals surface area contributed by atoms with Gasteiger partial charge in [0.2, 0.25) is 0 Å². The first-order valence-corrected chi connectivity index (χ1v) is 14.1. The lowest BCUT2D eigenvalue weighted by atomic mass is 9.93. The van der Waals surface area contributed by atoms with Gasteiger partial charge in [0, 0.05) is 31.7 Å². The Morgan fingerprint density at radius 2 is 1.68 bits per heavy atom. The van der Waals surface area contributed by atoms with Crippen molar-refractivity contribution in [1.82, 2.24) is 9.80 Å². The van der Waals surface area contributed by atoms with E-state index in [-0.39, 0.29) is 11.3 Å². The van der Waals surface area contributed by atoms with Crippen LogP contribution in [0, 0.1) is 6.92 Å². The van der Waals surface area contributed by atoms with Gasteiger partial charge in [0.05, 0.1) is 31.4 Å². The molecule has 0 aliphatic carbocycles. The van der Waals surface area contributed by atoms with E-state index in [2.05, 4.69) is 4.90 Å². The first-order valence-electron chi connectivity index (χ1n) is 14.1. The number of aryl methyl sites for hydroxylation is 1. The number of carbonyl (C=O) groups excluding carboxylic acids is 2. The van der Waals surface area contributed by atoms with Crippen LogP contribution in [0.1, 0.15) is 36.1 Å². The Hall–Kier alpha value is -4.14. The molecular weight excluding hydrogens is 520 g/mol. The number of benzene rings is 3. The molecule has 0 bridgehead atoms. The average Bonchev–Trinajstić information content (AvgIpc) is 3.25. The molecule has 2 fully saturated rings. The molecule has 2 saturated heterocycles. The number of rotatable bonds is 10. The zero-order valence-corrected chi connectivity index (χ0v) is 23.5. The first kappa shape index (κ1) is 28.4. The van der Waals surface area contributed by atoms with Crippen LogP contribution >= 0.6 is 0 Å². The van der Waals surface area contributed by atoms with Gasteiger partial charge in [-0.1, -0.05) is 37.3 Å². The Balaban J connectivity index is 1.53. The van der Waals surface area contributed by atoms with Gasteiger partial charge in [0.15, 0.2) is 0 Å². The van der Waals surface area contributed by atoms with Crippen molar-refractivity contribution in [3.8, 4) is 17.2 Å². The molecule has 0 radical (unpaired) electrons. The number of nitrogens with zero attached hydrogens (tertiary/aromatic N) is 2. The maximum atomic E-state index is 13.6. The second kappa shape index (κ2) is 13.0. The lowest BCUT2D eigenvalue weighted by Crippen LogP contribution is -2.42. The number of hydrogen-bond acceptors (Lipinski definition) is 7. The number of ketones is 1. The maximum absolute atomic E-state index is 13.6. The number of morpholine rings is 1. The van der Waals surface area contributed by atoms with Crippen LogP contribution in [0.2, 0.25) is 0 Å². The average molecular weight is 557 g/mol. The molecule has 2 heterocycles. The number of amides is 1. The minimum atomic E-state index is -0.772. The highest BCUT2D eigenvalue weighted by Gasteiger charge is 2.46. The molecule has 0 spiro atoms. The number of likely N-dealkylation sites (tertiary alicyclic amines) is 1. The molecule has 0 aromatic heterocycles. The van der Waals surface area contributed by atoms with Crippen molar-refractivity contribution in [1.29, 1.82) is 0 Å². The highest BCUT2D eigenvalue weighted by atomic mass is 16.5. The van der Waals surface area contributed by atoms with Gasteiger partial charge in [0.1, 0.15) is 23.0 Å². The summed E-state index contributed by atoms with van der Waals surface area (Å²) in [6.45, 7) is 8.20. The zero-order valence-electron chi connectivity index (χ0n) is 23.5. The van der Waals surface area contributed by atoms with Crippen LogP contribution in [0.25, 0.3) is 5.76 Å². The number of aliphatic hydroxyl groups excluding tert-OH is 1. The van der Waals surface area contributed by atoms with Gasteiger partial charge in [-0.2, -0.15) is 0 Å². The van der Waals surface area contributed by atoms with Gasteiger partial charge in [-0.15, -0.1) is 0 Å². The Kier molecular flexibility index (Phi) is 9.01. The standard InChI is InChI=1S/C33H36N2O6/c1-3-18-40-26-12-13-28(23(2)21-26)31(36)29-30(24-8-7-11-27(22-24)41-25-9-5-4-6-10-25)35(33(38)32(29)37)15-14-34-16-19-39-20-17-34/h4-13,21-22,30,36H,3,14-20H2,1-2H3/t30-/m0/s1. The van der Waals surface area contributed by atoms with E-state index in [1.54, 1.807) is 17.0 Å². The van der Waals surface area contributed by atoms with Crippen molar-refractivity contribution in [2.24, 2.45) is 0 Å². The van der Waals surface area contributed by atoms with Crippen LogP contribution in [0.4, 0.5) is 0 Å². The number of carbonyl (C=O) groups is 2. The monoisotopic (exact) mass is 556 g/mol. The maximum Gasteiger partial charge on any atom is 0.295 e. The molecule has 0 saturated carbocycles. The van der Waals surface area contributed by atoms with Crippen molar-refractivity contribution in [2.75, 3.05) is 46.0 Å². The number of aliphatic hydroxyl groups is 1. The molecular formula is C33H36N2O6. The summed E-state index contributed by atoms with van der Waals surface area (Å²) in [5.74, 6) is 0.410. The molecule has 3 aromatic carbocycles. The highest BCUT2D eigenvalue weighted by Crippen LogP contribution is 2.41. The van der Waals surface area contributed by atoms with Gasteiger partial charge in [-0.05, 0) is 66.9 Å². The normalized spacial score (nSPS) is 19.0. The van der Waals surface area contributed by atoms with E-state index >= 15 is 0 Å². The third kappa shape index (κ3) is 6.45. The molecule has 0 unspecified atom stereocenters. The van der Waals surface area contributed by atoms with Crippen LogP contribution < -0.4 is 9.47 Å². The van der Waals surface area contributed by atoms with Gasteiger partial charge in [-0.3, -0.25) is 14.5 Å². The van der Waals surface area contributed by atoms with Crippen LogP contribution in [0.5, 0.6) is 17.2 Å². The summed E-state index contributed by atoms with van der Waals surface area (Å²) < 4.78 is 17.3. The fourth-order valence-corrected chi connectivity index (χ4v) is 5.26. The minimum absolute atomic E-state index is 0.0687. The summed E-state index contributed by atoms with van der Waals surface area (Å²) in [6, 6.07) is 21.3. The Labute approximate surface area is 240 Å². The van der Waals surface area contributed by atoms with Gasteiger partial charge < -0.3 is 24.2 Å². The Morgan fingerprint density at radius 3 is 2.41 bits per heavy atom. The molecule has 8 heteroatoms. The fraction of sp³-hybridized carbons (Fsp3) is 0.333. The number of ether oxygens (including phenoxy) is 3. The molecule has 2 aliphatic rings. The number of hydrogen-bond donors (Lipinski definition) is 1. The van der Waals surface area contributed by atoms with Gasteiger partial charge >= 0.3 is 0 Å². The Morgan fingerprint density at radius 1 is 0.927 bits per heavy atom. The summed E-state index contributed by atoms with van der Waals surface area (Å²) in [5, 5.41) is 11.6. The summed E-state index contributed by atoms with van der Waals surface area (Å²) in [6.07, 6.45) is 0.877. The second-order valence-corrected chi connectivity index (χ2v) is 10.3. The summed E-state index contributed by atoms with van der Waals surface area (Å²) >= 11 is 0. The van der Waals surface area contributed by atoms with E-state index in [1.165, 1.54) is 0 Å². The van der Waals surface area contributed by atoms with E-state index in [0.717, 1.165) is 25.1 Å². The molecule has 8 nitrogen and oxygen atoms in total. The minimum Gasteiger partial charge on any atom is -0.507 e. The molecule has 214 valence electrons. The van der Waals surface area contributed by atoms with Crippen molar-refractivity contribution in [2.45, 2.75) is 26.3 Å². The third-order valence-corrected chi connectivity index (χ3v) is 7.38. The number of Topliss-reactive ketones (excluding diaryl/α,β-unsaturated/α-hetero) is 1. The van der Waals surface area contributed by atoms with Crippen LogP contribution in [0.15, 0.2) is 78.4 Å². The number of para-hydroxylation sites is 1. The second-order valence-electron chi connectivity index (χ2n) is 10.3. The molecule has 5 rings (SSSR count). The largest absolute Gasteiger partial charge is 0.507 e. The quantitative estimate of drug-likeness (QED) is 0.205. The molecule has 1 atom stereocenters. The van der Waals surface area contributed by atoms with E-state index in [9.17, 15) is 14.7 Å². The molecule has 2 aliphatic heterocycles. The smallest absolute Gasteiger partial charge is 0.295 e. The molecule has 1 amide bonds. The predicted octanol–water partition coefficient (Wildman–Crippen LogP) is 5.33. The van der Waals surface area contributed by atoms with Crippen molar-refractivity contribution >= 4 is 17.4 Å². The fourth-order valence-electron chi connectivity index (χ4n) is 5.26. The van der Waals surface area contributed by atoms with Crippen molar-refractivity contribution in [3.63, 3.8) is 0 Å². The third-order valence-electron chi connectivity index (χ3n) is 7.38. The Bertz CT molecular complexity index is 1410. The summed E-state index contributed by atoms with van der Waals surface area (Å²) in [4.78, 5) is 30.8. The highest BCUT2D eigenvalue weighted by molar-refractivity contribution is 6.46. The molecule has 3 aromatic rings. The van der Waals surface area contributed by atoms with Crippen LogP contribution in [-0.4, -0.2) is 72.6 Å². The lowest BCUT2D eigenvalue weighted by molar-refractivity contribution is -0.140. The van der Waals surface area contributed by atoms with Crippen LogP contribution in [-0.2, 0) is 14.3 Å². The van der Waals surface area contributed by atoms with Gasteiger partial charge in [0.25, 0.3) is 11.7 Å². The van der Waals surface area contributed by atoms with Crippen molar-refractivity contribution in [3.05, 3.63) is 95.1 Å². The predicted molar refractivity (Wildman–Crippen MR) is 156 cm³/mol. The van der Waals surface area contributed by atoms with E-state index < -0.39 is 17.7 Å². The van der Waals surface area contributed by atoms with Gasteiger partial charge in [-0.25, -0.2) is 0 Å². The first-order chi connectivity index (χ1) is 20.0. The SMILES string of the molecule is CCCOc1ccc(C(O)=C2C(=O)C(=O)N(CCN3CCOCC3)[C@H]2c2cccc(Oc3ccccc3)c2)c(C)c1. The summed E-state index contributed by atoms with van der Waals surface area (Å²) in [5.41, 5.74) is 1.98. The zero-order chi connectivity index (χ0) is 28.8. The van der Waals surface area contributed by atoms with E-state index in [4.69, 9.17) is 14.2 Å². The summed E-state index contributed by atoms with van der Waals surface area (Å²) in [7, 11) is 0.